The van der Waals surface area contributed by atoms with Gasteiger partial charge in [-0.2, -0.15) is 0 Å². The summed E-state index contributed by atoms with van der Waals surface area (Å²) in [5.74, 6) is 0.131. The zero-order chi connectivity index (χ0) is 8.85. The van der Waals surface area contributed by atoms with Crippen molar-refractivity contribution >= 4 is 5.78 Å². The lowest BCUT2D eigenvalue weighted by molar-refractivity contribution is -0.114. The Kier molecular flexibility index (Phi) is 4.49. The summed E-state index contributed by atoms with van der Waals surface area (Å²) in [6.45, 7) is 2.42. The molecule has 0 heterocycles. The Balaban J connectivity index is 3.85. The van der Waals surface area contributed by atoms with E-state index in [1.807, 2.05) is 0 Å². The summed E-state index contributed by atoms with van der Waals surface area (Å²) in [6.07, 6.45) is -0.00981. The second kappa shape index (κ2) is 4.87. The highest BCUT2D eigenvalue weighted by Crippen LogP contribution is 1.98. The average Bonchev–Trinajstić information content (AvgIpc) is 1.85. The van der Waals surface area contributed by atoms with Gasteiger partial charge in [-0.05, 0) is 13.8 Å². The number of aliphatic hydroxyl groups excluding tert-OH is 2. The van der Waals surface area contributed by atoms with Gasteiger partial charge >= 0.3 is 0 Å². The van der Waals surface area contributed by atoms with Crippen molar-refractivity contribution in [3.63, 3.8) is 0 Å². The molecular formula is C7H12O4. The molecule has 4 nitrogen and oxygen atoms in total. The maximum absolute atomic E-state index is 10.4. The smallest absolute Gasteiger partial charge is 0.220 e. The minimum Gasteiger partial charge on any atom is -0.467 e. The van der Waals surface area contributed by atoms with Gasteiger partial charge in [-0.25, -0.2) is 0 Å². The van der Waals surface area contributed by atoms with Crippen molar-refractivity contribution in [3.8, 4) is 0 Å². The maximum Gasteiger partial charge on any atom is 0.220 e. The van der Waals surface area contributed by atoms with E-state index in [2.05, 4.69) is 4.74 Å². The zero-order valence-electron chi connectivity index (χ0n) is 6.57. The number of allylic oxidation sites excluding steroid dienone is 2. The molecule has 4 heteroatoms. The monoisotopic (exact) mass is 160 g/mol. The number of aliphatic hydroxyl groups is 2. The molecule has 0 radical (unpaired) electrons. The van der Waals surface area contributed by atoms with Crippen LogP contribution in [0.4, 0.5) is 0 Å². The number of hydrogen-bond acceptors (Lipinski definition) is 4. The van der Waals surface area contributed by atoms with E-state index in [0.29, 0.717) is 5.76 Å². The molecule has 0 bridgehead atoms. The van der Waals surface area contributed by atoms with Crippen LogP contribution in [0.3, 0.4) is 0 Å². The summed E-state index contributed by atoms with van der Waals surface area (Å²) in [5, 5.41) is 17.0. The SMILES string of the molecule is CC(=O)/C=C(\C)OC(O)CO. The van der Waals surface area contributed by atoms with Crippen LogP contribution >= 0.6 is 0 Å². The van der Waals surface area contributed by atoms with Crippen LogP contribution < -0.4 is 0 Å². The molecule has 1 unspecified atom stereocenters. The van der Waals surface area contributed by atoms with Gasteiger partial charge in [0.25, 0.3) is 0 Å². The van der Waals surface area contributed by atoms with Gasteiger partial charge in [0.2, 0.25) is 6.29 Å². The molecule has 2 N–H and O–H groups in total. The van der Waals surface area contributed by atoms with Crippen LogP contribution in [0.25, 0.3) is 0 Å². The average molecular weight is 160 g/mol. The Morgan fingerprint density at radius 2 is 2.18 bits per heavy atom. The van der Waals surface area contributed by atoms with Crippen LogP contribution in [0, 0.1) is 0 Å². The Morgan fingerprint density at radius 1 is 1.64 bits per heavy atom. The van der Waals surface area contributed by atoms with Crippen molar-refractivity contribution < 1.29 is 19.7 Å². The number of hydrogen-bond donors (Lipinski definition) is 2. The second-order valence-corrected chi connectivity index (χ2v) is 2.12. The molecule has 0 fully saturated rings. The summed E-state index contributed by atoms with van der Waals surface area (Å²) < 4.78 is 4.66. The standard InChI is InChI=1S/C7H12O4/c1-5(9)3-6(2)11-7(10)4-8/h3,7-8,10H,4H2,1-2H3/b6-3+. The third-order valence-corrected chi connectivity index (χ3v) is 0.885. The third kappa shape index (κ3) is 5.57. The normalized spacial score (nSPS) is 14.4. The lowest BCUT2D eigenvalue weighted by atomic mass is 10.4. The lowest BCUT2D eigenvalue weighted by Crippen LogP contribution is -2.15. The molecule has 1 atom stereocenters. The highest BCUT2D eigenvalue weighted by Gasteiger charge is 2.02. The van der Waals surface area contributed by atoms with E-state index >= 15 is 0 Å². The Morgan fingerprint density at radius 3 is 2.55 bits per heavy atom. The predicted octanol–water partition coefficient (Wildman–Crippen LogP) is -0.194. The number of rotatable bonds is 4. The molecule has 0 aromatic heterocycles. The van der Waals surface area contributed by atoms with Gasteiger partial charge in [-0.1, -0.05) is 0 Å². The molecular weight excluding hydrogens is 148 g/mol. The lowest BCUT2D eigenvalue weighted by Gasteiger charge is -2.09. The molecule has 0 aromatic rings. The molecule has 0 aromatic carbocycles. The molecule has 0 saturated heterocycles. The first-order valence-electron chi connectivity index (χ1n) is 3.20. The van der Waals surface area contributed by atoms with Crippen LogP contribution in [0.15, 0.2) is 11.8 Å². The van der Waals surface area contributed by atoms with Crippen molar-refractivity contribution in [2.45, 2.75) is 20.1 Å². The summed E-state index contributed by atoms with van der Waals surface area (Å²) >= 11 is 0. The Hall–Kier alpha value is -0.870. The quantitative estimate of drug-likeness (QED) is 0.340. The van der Waals surface area contributed by atoms with Gasteiger partial charge < -0.3 is 14.9 Å². The van der Waals surface area contributed by atoms with Gasteiger partial charge in [0.1, 0.15) is 12.4 Å². The molecule has 11 heavy (non-hydrogen) atoms. The molecule has 0 saturated carbocycles. The van der Waals surface area contributed by atoms with Gasteiger partial charge in [0.05, 0.1) is 0 Å². The van der Waals surface area contributed by atoms with Crippen molar-refractivity contribution in [2.75, 3.05) is 6.61 Å². The molecule has 0 aliphatic carbocycles. The van der Waals surface area contributed by atoms with Crippen LogP contribution in [0.2, 0.25) is 0 Å². The second-order valence-electron chi connectivity index (χ2n) is 2.12. The third-order valence-electron chi connectivity index (χ3n) is 0.885. The first-order chi connectivity index (χ1) is 5.06. The van der Waals surface area contributed by atoms with Crippen molar-refractivity contribution in [1.29, 1.82) is 0 Å². The first-order valence-corrected chi connectivity index (χ1v) is 3.20. The van der Waals surface area contributed by atoms with Crippen LogP contribution in [0.5, 0.6) is 0 Å². The van der Waals surface area contributed by atoms with Crippen molar-refractivity contribution in [2.24, 2.45) is 0 Å². The zero-order valence-corrected chi connectivity index (χ0v) is 6.57. The van der Waals surface area contributed by atoms with Crippen LogP contribution in [0.1, 0.15) is 13.8 Å². The van der Waals surface area contributed by atoms with E-state index < -0.39 is 12.9 Å². The highest BCUT2D eigenvalue weighted by molar-refractivity contribution is 5.87. The number of carbonyl (C=O) groups is 1. The minimum atomic E-state index is -1.24. The van der Waals surface area contributed by atoms with Gasteiger partial charge in [0.15, 0.2) is 5.78 Å². The maximum atomic E-state index is 10.4. The molecule has 0 amide bonds. The molecule has 0 aliphatic heterocycles. The van der Waals surface area contributed by atoms with Crippen LogP contribution in [-0.4, -0.2) is 28.9 Å². The summed E-state index contributed by atoms with van der Waals surface area (Å²) in [4.78, 5) is 10.4. The van der Waals surface area contributed by atoms with E-state index in [-0.39, 0.29) is 5.78 Å². The topological polar surface area (TPSA) is 66.8 Å². The van der Waals surface area contributed by atoms with E-state index in [9.17, 15) is 4.79 Å². The molecule has 0 rings (SSSR count). The number of ketones is 1. The number of ether oxygens (including phenoxy) is 1. The fraction of sp³-hybridized carbons (Fsp3) is 0.571. The van der Waals surface area contributed by atoms with Crippen molar-refractivity contribution in [3.05, 3.63) is 11.8 Å². The van der Waals surface area contributed by atoms with Gasteiger partial charge in [-0.15, -0.1) is 0 Å². The fourth-order valence-electron chi connectivity index (χ4n) is 0.572. The fourth-order valence-corrected chi connectivity index (χ4v) is 0.572. The highest BCUT2D eigenvalue weighted by atomic mass is 16.6. The Bertz CT molecular complexity index is 162. The summed E-state index contributed by atoms with van der Waals surface area (Å²) in [6, 6.07) is 0. The minimum absolute atomic E-state index is 0.160. The molecule has 64 valence electrons. The van der Waals surface area contributed by atoms with Crippen molar-refractivity contribution in [1.82, 2.24) is 0 Å². The molecule has 0 spiro atoms. The largest absolute Gasteiger partial charge is 0.467 e. The van der Waals surface area contributed by atoms with E-state index in [4.69, 9.17) is 10.2 Å². The predicted molar refractivity (Wildman–Crippen MR) is 38.6 cm³/mol. The molecule has 0 aliphatic rings. The van der Waals surface area contributed by atoms with E-state index in [0.717, 1.165) is 0 Å². The summed E-state index contributed by atoms with van der Waals surface area (Å²) in [7, 11) is 0. The first kappa shape index (κ1) is 10.1. The van der Waals surface area contributed by atoms with Crippen LogP contribution in [-0.2, 0) is 9.53 Å². The Labute approximate surface area is 65.1 Å². The van der Waals surface area contributed by atoms with E-state index in [1.165, 1.54) is 19.9 Å². The summed E-state index contributed by atoms with van der Waals surface area (Å²) in [5.41, 5.74) is 0. The van der Waals surface area contributed by atoms with Gasteiger partial charge in [-0.3, -0.25) is 4.79 Å². The van der Waals surface area contributed by atoms with E-state index in [1.54, 1.807) is 0 Å². The number of carbonyl (C=O) groups excluding carboxylic acids is 1. The van der Waals surface area contributed by atoms with Gasteiger partial charge in [0, 0.05) is 6.08 Å².